The fraction of sp³-hybridized carbons (Fsp3) is 0.250. The van der Waals surface area contributed by atoms with Crippen molar-refractivity contribution >= 4 is 32.4 Å². The van der Waals surface area contributed by atoms with Gasteiger partial charge in [0.25, 0.3) is 0 Å². The average molecular weight is 498 g/mol. The van der Waals surface area contributed by atoms with Crippen molar-refractivity contribution in [2.75, 3.05) is 36.0 Å². The van der Waals surface area contributed by atoms with Crippen molar-refractivity contribution < 1.29 is 8.42 Å². The van der Waals surface area contributed by atoms with Crippen LogP contribution >= 0.6 is 0 Å². The smallest absolute Gasteiger partial charge is 0.200 e. The van der Waals surface area contributed by atoms with E-state index in [1.807, 2.05) is 56.3 Å². The molecule has 1 aliphatic rings. The van der Waals surface area contributed by atoms with Crippen molar-refractivity contribution in [2.45, 2.75) is 24.0 Å². The summed E-state index contributed by atoms with van der Waals surface area (Å²) in [7, 11) is -4.03. The van der Waals surface area contributed by atoms with Crippen molar-refractivity contribution in [1.82, 2.24) is 9.97 Å². The molecule has 1 aliphatic heterocycles. The summed E-state index contributed by atoms with van der Waals surface area (Å²) in [5.41, 5.74) is 4.41. The van der Waals surface area contributed by atoms with E-state index in [2.05, 4.69) is 21.9 Å². The SMILES string of the molecule is Cc1ccc(S(=O)(=O)[C@@H](C#N)c2nc3ccccc3nc2N2CCN(c3ccccc3)CC2)cc1C. The summed E-state index contributed by atoms with van der Waals surface area (Å²) < 4.78 is 27.4. The molecule has 0 N–H and O–H groups in total. The number of benzene rings is 3. The number of aromatic nitrogens is 2. The van der Waals surface area contributed by atoms with Gasteiger partial charge in [-0.1, -0.05) is 36.4 Å². The molecular weight excluding hydrogens is 470 g/mol. The van der Waals surface area contributed by atoms with Crippen LogP contribution in [0.2, 0.25) is 0 Å². The number of hydrogen-bond donors (Lipinski definition) is 0. The van der Waals surface area contributed by atoms with Gasteiger partial charge in [0.1, 0.15) is 5.69 Å². The maximum absolute atomic E-state index is 13.7. The van der Waals surface area contributed by atoms with Crippen molar-refractivity contribution in [3.05, 3.63) is 89.6 Å². The number of hydrogen-bond acceptors (Lipinski definition) is 7. The predicted molar refractivity (Wildman–Crippen MR) is 142 cm³/mol. The number of piperazine rings is 1. The molecule has 36 heavy (non-hydrogen) atoms. The molecule has 5 rings (SSSR count). The molecule has 0 aliphatic carbocycles. The fourth-order valence-electron chi connectivity index (χ4n) is 4.53. The lowest BCUT2D eigenvalue weighted by atomic mass is 10.1. The third-order valence-corrected chi connectivity index (χ3v) is 8.62. The summed E-state index contributed by atoms with van der Waals surface area (Å²) in [4.78, 5) is 14.0. The minimum atomic E-state index is -4.03. The van der Waals surface area contributed by atoms with Crippen LogP contribution in [-0.4, -0.2) is 44.6 Å². The lowest BCUT2D eigenvalue weighted by molar-refractivity contribution is 0.589. The zero-order valence-electron chi connectivity index (χ0n) is 20.3. The van der Waals surface area contributed by atoms with Gasteiger partial charge in [-0.2, -0.15) is 5.26 Å². The number of fused-ring (bicyclic) bond motifs is 1. The van der Waals surface area contributed by atoms with Gasteiger partial charge in [-0.3, -0.25) is 0 Å². The highest BCUT2D eigenvalue weighted by Gasteiger charge is 2.35. The second-order valence-electron chi connectivity index (χ2n) is 9.03. The van der Waals surface area contributed by atoms with Gasteiger partial charge in [0, 0.05) is 31.9 Å². The molecular formula is C28H27N5O2S. The van der Waals surface area contributed by atoms with Crippen LogP contribution in [0.25, 0.3) is 11.0 Å². The third kappa shape index (κ3) is 4.38. The maximum atomic E-state index is 13.7. The Labute approximate surface area is 211 Å². The number of anilines is 2. The minimum Gasteiger partial charge on any atom is -0.368 e. The van der Waals surface area contributed by atoms with E-state index in [9.17, 15) is 13.7 Å². The predicted octanol–water partition coefficient (Wildman–Crippen LogP) is 4.61. The Balaban J connectivity index is 1.56. The van der Waals surface area contributed by atoms with Gasteiger partial charge < -0.3 is 9.80 Å². The molecule has 7 nitrogen and oxygen atoms in total. The zero-order valence-corrected chi connectivity index (χ0v) is 21.1. The highest BCUT2D eigenvalue weighted by Crippen LogP contribution is 2.35. The summed E-state index contributed by atoms with van der Waals surface area (Å²) in [6.45, 7) is 6.56. The lowest BCUT2D eigenvalue weighted by Gasteiger charge is -2.37. The van der Waals surface area contributed by atoms with Crippen LogP contribution in [0, 0.1) is 25.2 Å². The van der Waals surface area contributed by atoms with Crippen molar-refractivity contribution in [1.29, 1.82) is 5.26 Å². The van der Waals surface area contributed by atoms with Gasteiger partial charge in [-0.25, -0.2) is 18.4 Å². The topological polar surface area (TPSA) is 90.2 Å². The first-order valence-corrected chi connectivity index (χ1v) is 13.5. The van der Waals surface area contributed by atoms with Crippen molar-refractivity contribution in [2.24, 2.45) is 0 Å². The van der Waals surface area contributed by atoms with Crippen LogP contribution in [0.1, 0.15) is 22.1 Å². The molecule has 2 heterocycles. The van der Waals surface area contributed by atoms with Crippen molar-refractivity contribution in [3.63, 3.8) is 0 Å². The largest absolute Gasteiger partial charge is 0.368 e. The first-order chi connectivity index (χ1) is 17.4. The van der Waals surface area contributed by atoms with E-state index in [1.54, 1.807) is 24.3 Å². The monoisotopic (exact) mass is 497 g/mol. The van der Waals surface area contributed by atoms with Crippen molar-refractivity contribution in [3.8, 4) is 6.07 Å². The number of sulfone groups is 1. The first-order valence-electron chi connectivity index (χ1n) is 11.9. The molecule has 4 aromatic rings. The summed E-state index contributed by atoms with van der Waals surface area (Å²) in [6.07, 6.45) is 0. The van der Waals surface area contributed by atoms with Gasteiger partial charge in [0.15, 0.2) is 11.1 Å². The Hall–Kier alpha value is -3.96. The van der Waals surface area contributed by atoms with Gasteiger partial charge in [0.2, 0.25) is 9.84 Å². The van der Waals surface area contributed by atoms with E-state index in [1.165, 1.54) is 0 Å². The molecule has 0 amide bonds. The number of nitrogens with zero attached hydrogens (tertiary/aromatic N) is 5. The number of nitriles is 1. The van der Waals surface area contributed by atoms with E-state index < -0.39 is 15.1 Å². The molecule has 0 spiro atoms. The zero-order chi connectivity index (χ0) is 25.3. The Kier molecular flexibility index (Phi) is 6.33. The molecule has 1 saturated heterocycles. The van der Waals surface area contributed by atoms with Gasteiger partial charge in [-0.05, 0) is 61.4 Å². The van der Waals surface area contributed by atoms with Crippen LogP contribution in [0.15, 0.2) is 77.7 Å². The minimum absolute atomic E-state index is 0.118. The fourth-order valence-corrected chi connectivity index (χ4v) is 5.99. The van der Waals surface area contributed by atoms with Crippen LogP contribution in [-0.2, 0) is 9.84 Å². The number of para-hydroxylation sites is 3. The molecule has 182 valence electrons. The third-order valence-electron chi connectivity index (χ3n) is 6.76. The summed E-state index contributed by atoms with van der Waals surface area (Å²) >= 11 is 0. The summed E-state index contributed by atoms with van der Waals surface area (Å²) in [5, 5.41) is 8.69. The maximum Gasteiger partial charge on any atom is 0.200 e. The summed E-state index contributed by atoms with van der Waals surface area (Å²) in [6, 6.07) is 24.6. The molecule has 1 fully saturated rings. The Morgan fingerprint density at radius 1 is 0.806 bits per heavy atom. The standard InChI is InChI=1S/C28H27N5O2S/c1-20-12-13-23(18-21(20)2)36(34,35)26(19-29)27-28(31-25-11-7-6-10-24(25)30-27)33-16-14-32(15-17-33)22-8-4-3-5-9-22/h3-13,18,26H,14-17H2,1-2H3/t26-/m0/s1. The van der Waals surface area contributed by atoms with Crippen LogP contribution in [0.5, 0.6) is 0 Å². The normalized spacial score (nSPS) is 15.0. The van der Waals surface area contributed by atoms with Crippen LogP contribution in [0.4, 0.5) is 11.5 Å². The van der Waals surface area contributed by atoms with Gasteiger partial charge >= 0.3 is 0 Å². The molecule has 0 bridgehead atoms. The Morgan fingerprint density at radius 3 is 2.06 bits per heavy atom. The van der Waals surface area contributed by atoms with Crippen LogP contribution < -0.4 is 9.80 Å². The second kappa shape index (κ2) is 9.59. The molecule has 3 aromatic carbocycles. The molecule has 0 radical (unpaired) electrons. The van der Waals surface area contributed by atoms with E-state index in [-0.39, 0.29) is 10.6 Å². The molecule has 0 unspecified atom stereocenters. The Morgan fingerprint density at radius 2 is 1.42 bits per heavy atom. The van der Waals surface area contributed by atoms with E-state index in [0.717, 1.165) is 29.9 Å². The number of aryl methyl sites for hydroxylation is 2. The van der Waals surface area contributed by atoms with Gasteiger partial charge in [0.05, 0.1) is 22.0 Å². The van der Waals surface area contributed by atoms with E-state index >= 15 is 0 Å². The Bertz CT molecular complexity index is 1560. The molecule has 0 saturated carbocycles. The van der Waals surface area contributed by atoms with E-state index in [4.69, 9.17) is 9.97 Å². The molecule has 1 aromatic heterocycles. The average Bonchev–Trinajstić information content (AvgIpc) is 2.90. The lowest BCUT2D eigenvalue weighted by Crippen LogP contribution is -2.47. The first kappa shape index (κ1) is 23.8. The van der Waals surface area contributed by atoms with E-state index in [0.29, 0.717) is 29.9 Å². The highest BCUT2D eigenvalue weighted by atomic mass is 32.2. The van der Waals surface area contributed by atoms with Gasteiger partial charge in [-0.15, -0.1) is 0 Å². The second-order valence-corrected chi connectivity index (χ2v) is 11.1. The highest BCUT2D eigenvalue weighted by molar-refractivity contribution is 7.92. The molecule has 8 heteroatoms. The number of rotatable bonds is 5. The molecule has 1 atom stereocenters. The quantitative estimate of drug-likeness (QED) is 0.398. The summed E-state index contributed by atoms with van der Waals surface area (Å²) in [5.74, 6) is 0.459. The van der Waals surface area contributed by atoms with Crippen LogP contribution in [0.3, 0.4) is 0 Å².